The molecule has 1 rings (SSSR count). The molecule has 0 heterocycles. The van der Waals surface area contributed by atoms with Crippen molar-refractivity contribution in [3.8, 4) is 5.75 Å². The Bertz CT molecular complexity index is 463. The minimum atomic E-state index is -0.932. The Balaban J connectivity index is 3.08. The minimum absolute atomic E-state index is 0.298. The number of ether oxygens (including phenoxy) is 2. The zero-order valence-electron chi connectivity index (χ0n) is 13.6. The molecule has 0 aromatic heterocycles. The van der Waals surface area contributed by atoms with E-state index < -0.39 is 5.54 Å². The molecule has 1 unspecified atom stereocenters. The van der Waals surface area contributed by atoms with Crippen molar-refractivity contribution in [2.45, 2.75) is 19.4 Å². The number of nitrogens with zero attached hydrogens (tertiary/aromatic N) is 1. The molecule has 1 aromatic rings. The number of hydrogen-bond acceptors (Lipinski definition) is 5. The van der Waals surface area contributed by atoms with Crippen LogP contribution < -0.4 is 10.1 Å². The number of nitrogens with one attached hydrogen (secondary N) is 1. The van der Waals surface area contributed by atoms with Gasteiger partial charge in [0.15, 0.2) is 0 Å². The lowest BCUT2D eigenvalue weighted by Gasteiger charge is -2.30. The summed E-state index contributed by atoms with van der Waals surface area (Å²) in [5, 5.41) is 3.31. The van der Waals surface area contributed by atoms with Gasteiger partial charge in [0.2, 0.25) is 0 Å². The molecule has 21 heavy (non-hydrogen) atoms. The van der Waals surface area contributed by atoms with Gasteiger partial charge in [-0.2, -0.15) is 0 Å². The molecule has 0 aliphatic heterocycles. The van der Waals surface area contributed by atoms with Crippen molar-refractivity contribution in [2.75, 3.05) is 40.9 Å². The number of likely N-dealkylation sites (N-methyl/N-ethyl adjacent to an activating group) is 1. The molecule has 5 heteroatoms. The third-order valence-corrected chi connectivity index (χ3v) is 3.37. The van der Waals surface area contributed by atoms with Gasteiger partial charge < -0.3 is 14.4 Å². The molecular weight excluding hydrogens is 268 g/mol. The van der Waals surface area contributed by atoms with Crippen LogP contribution in [0.15, 0.2) is 24.3 Å². The molecule has 0 radical (unpaired) electrons. The Morgan fingerprint density at radius 3 is 2.57 bits per heavy atom. The quantitative estimate of drug-likeness (QED) is 0.739. The van der Waals surface area contributed by atoms with Crippen molar-refractivity contribution in [2.24, 2.45) is 0 Å². The first-order valence-corrected chi connectivity index (χ1v) is 7.16. The molecular formula is C16H26N2O3. The van der Waals surface area contributed by atoms with Gasteiger partial charge in [-0.3, -0.25) is 5.32 Å². The number of methoxy groups -OCH3 is 1. The molecule has 0 saturated heterocycles. The Morgan fingerprint density at radius 1 is 1.33 bits per heavy atom. The summed E-state index contributed by atoms with van der Waals surface area (Å²) in [6.07, 6.45) is 0. The van der Waals surface area contributed by atoms with Crippen LogP contribution in [0.1, 0.15) is 19.4 Å². The first-order chi connectivity index (χ1) is 9.95. The van der Waals surface area contributed by atoms with Crippen molar-refractivity contribution in [3.63, 3.8) is 0 Å². The lowest BCUT2D eigenvalue weighted by molar-refractivity contribution is -0.151. The predicted molar refractivity (Wildman–Crippen MR) is 83.5 cm³/mol. The first kappa shape index (κ1) is 17.5. The van der Waals surface area contributed by atoms with Crippen molar-refractivity contribution in [3.05, 3.63) is 29.8 Å². The van der Waals surface area contributed by atoms with E-state index in [0.29, 0.717) is 18.9 Å². The third-order valence-electron chi connectivity index (χ3n) is 3.37. The van der Waals surface area contributed by atoms with Gasteiger partial charge >= 0.3 is 5.97 Å². The highest BCUT2D eigenvalue weighted by molar-refractivity contribution is 5.83. The van der Waals surface area contributed by atoms with Gasteiger partial charge in [0.05, 0.1) is 13.7 Å². The van der Waals surface area contributed by atoms with Gasteiger partial charge in [-0.25, -0.2) is 4.79 Å². The van der Waals surface area contributed by atoms with Gasteiger partial charge in [0, 0.05) is 18.7 Å². The number of rotatable bonds is 8. The molecule has 0 aliphatic carbocycles. The third kappa shape index (κ3) is 4.44. The summed E-state index contributed by atoms with van der Waals surface area (Å²) >= 11 is 0. The molecule has 1 aromatic carbocycles. The summed E-state index contributed by atoms with van der Waals surface area (Å²) in [4.78, 5) is 14.5. The molecule has 0 saturated carbocycles. The zero-order chi connectivity index (χ0) is 15.9. The van der Waals surface area contributed by atoms with Crippen LogP contribution in [0, 0.1) is 0 Å². The molecule has 0 fully saturated rings. The van der Waals surface area contributed by atoms with Crippen LogP contribution in [0.5, 0.6) is 5.75 Å². The highest BCUT2D eigenvalue weighted by Gasteiger charge is 2.38. The van der Waals surface area contributed by atoms with E-state index in [2.05, 4.69) is 10.2 Å². The molecule has 1 N–H and O–H groups in total. The van der Waals surface area contributed by atoms with Gasteiger partial charge in [0.25, 0.3) is 0 Å². The lowest BCUT2D eigenvalue weighted by atomic mass is 9.91. The predicted octanol–water partition coefficient (Wildman–Crippen LogP) is 1.62. The van der Waals surface area contributed by atoms with Crippen LogP contribution in [-0.4, -0.2) is 51.8 Å². The maximum Gasteiger partial charge on any atom is 0.330 e. The number of hydrogen-bond donors (Lipinski definition) is 1. The summed E-state index contributed by atoms with van der Waals surface area (Å²) < 4.78 is 10.6. The Hall–Kier alpha value is -1.59. The largest absolute Gasteiger partial charge is 0.496 e. The first-order valence-electron chi connectivity index (χ1n) is 7.16. The standard InChI is InChI=1S/C16H26N2O3/c1-6-21-15(19)16(2,17-11-12-18(3)4)13-9-7-8-10-14(13)20-5/h7-10,17H,6,11-12H2,1-5H3. The molecule has 118 valence electrons. The summed E-state index contributed by atoms with van der Waals surface area (Å²) in [6.45, 7) is 5.47. The van der Waals surface area contributed by atoms with Gasteiger partial charge in [-0.05, 0) is 34.0 Å². The molecule has 0 aliphatic rings. The fraction of sp³-hybridized carbons (Fsp3) is 0.562. The van der Waals surface area contributed by atoms with E-state index in [4.69, 9.17) is 9.47 Å². The lowest BCUT2D eigenvalue weighted by Crippen LogP contribution is -2.49. The van der Waals surface area contributed by atoms with Crippen molar-refractivity contribution in [1.29, 1.82) is 0 Å². The summed E-state index contributed by atoms with van der Waals surface area (Å²) in [6, 6.07) is 7.51. The van der Waals surface area contributed by atoms with Crippen LogP contribution in [-0.2, 0) is 15.1 Å². The highest BCUT2D eigenvalue weighted by atomic mass is 16.5. The SMILES string of the molecule is CCOC(=O)C(C)(NCCN(C)C)c1ccccc1OC. The van der Waals surface area contributed by atoms with Crippen LogP contribution >= 0.6 is 0 Å². The number of esters is 1. The van der Waals surface area contributed by atoms with Crippen LogP contribution in [0.3, 0.4) is 0 Å². The van der Waals surface area contributed by atoms with E-state index in [1.165, 1.54) is 0 Å². The smallest absolute Gasteiger partial charge is 0.330 e. The highest BCUT2D eigenvalue weighted by Crippen LogP contribution is 2.30. The molecule has 1 atom stereocenters. The van der Waals surface area contributed by atoms with Crippen molar-refractivity contribution >= 4 is 5.97 Å². The van der Waals surface area contributed by atoms with Gasteiger partial charge in [-0.15, -0.1) is 0 Å². The summed E-state index contributed by atoms with van der Waals surface area (Å²) in [5.74, 6) is 0.374. The van der Waals surface area contributed by atoms with Gasteiger partial charge in [0.1, 0.15) is 11.3 Å². The zero-order valence-corrected chi connectivity index (χ0v) is 13.6. The number of para-hydroxylation sites is 1. The van der Waals surface area contributed by atoms with E-state index >= 15 is 0 Å². The Kier molecular flexibility index (Phi) is 6.65. The number of benzene rings is 1. The summed E-state index contributed by atoms with van der Waals surface area (Å²) in [5.41, 5.74) is -0.150. The van der Waals surface area contributed by atoms with Crippen LogP contribution in [0.25, 0.3) is 0 Å². The average molecular weight is 294 g/mol. The van der Waals surface area contributed by atoms with E-state index in [1.807, 2.05) is 45.3 Å². The summed E-state index contributed by atoms with van der Waals surface area (Å²) in [7, 11) is 5.59. The number of carbonyl (C=O) groups is 1. The molecule has 0 amide bonds. The number of carbonyl (C=O) groups excluding carboxylic acids is 1. The maximum atomic E-state index is 12.5. The fourth-order valence-electron chi connectivity index (χ4n) is 2.14. The normalized spacial score (nSPS) is 13.8. The Labute approximate surface area is 127 Å². The van der Waals surface area contributed by atoms with E-state index in [0.717, 1.165) is 12.1 Å². The van der Waals surface area contributed by atoms with Crippen LogP contribution in [0.4, 0.5) is 0 Å². The second-order valence-electron chi connectivity index (χ2n) is 5.28. The van der Waals surface area contributed by atoms with Crippen LogP contribution in [0.2, 0.25) is 0 Å². The fourth-order valence-corrected chi connectivity index (χ4v) is 2.14. The van der Waals surface area contributed by atoms with Gasteiger partial charge in [-0.1, -0.05) is 18.2 Å². The molecule has 0 bridgehead atoms. The second kappa shape index (κ2) is 8.00. The van der Waals surface area contributed by atoms with E-state index in [1.54, 1.807) is 14.0 Å². The monoisotopic (exact) mass is 294 g/mol. The molecule has 0 spiro atoms. The Morgan fingerprint density at radius 2 is 2.00 bits per heavy atom. The van der Waals surface area contributed by atoms with E-state index in [-0.39, 0.29) is 5.97 Å². The topological polar surface area (TPSA) is 50.8 Å². The van der Waals surface area contributed by atoms with E-state index in [9.17, 15) is 4.79 Å². The maximum absolute atomic E-state index is 12.5. The van der Waals surface area contributed by atoms with Crippen molar-refractivity contribution in [1.82, 2.24) is 10.2 Å². The molecule has 5 nitrogen and oxygen atoms in total. The van der Waals surface area contributed by atoms with Crippen molar-refractivity contribution < 1.29 is 14.3 Å². The minimum Gasteiger partial charge on any atom is -0.496 e. The average Bonchev–Trinajstić information content (AvgIpc) is 2.46. The second-order valence-corrected chi connectivity index (χ2v) is 5.28.